The highest BCUT2D eigenvalue weighted by atomic mass is 127. The van der Waals surface area contributed by atoms with Gasteiger partial charge in [-0.2, -0.15) is 0 Å². The number of aliphatic imine (C=N–C) groups is 1. The zero-order chi connectivity index (χ0) is 11.5. The van der Waals surface area contributed by atoms with Gasteiger partial charge in [-0.25, -0.2) is 0 Å². The summed E-state index contributed by atoms with van der Waals surface area (Å²) in [4.78, 5) is 7.83. The summed E-state index contributed by atoms with van der Waals surface area (Å²) < 4.78 is 1.18. The van der Waals surface area contributed by atoms with Crippen molar-refractivity contribution in [3.63, 3.8) is 0 Å². The van der Waals surface area contributed by atoms with Gasteiger partial charge in [0.1, 0.15) is 0 Å². The molecule has 1 heterocycles. The number of guanidine groups is 1. The predicted molar refractivity (Wildman–Crippen MR) is 88.4 cm³/mol. The maximum absolute atomic E-state index is 5.90. The molecule has 0 unspecified atom stereocenters. The Hall–Kier alpha value is 0.180. The highest BCUT2D eigenvalue weighted by molar-refractivity contribution is 14.0. The van der Waals surface area contributed by atoms with E-state index in [9.17, 15) is 0 Å². The second-order valence-electron chi connectivity index (χ2n) is 4.04. The molecule has 0 spiro atoms. The van der Waals surface area contributed by atoms with Gasteiger partial charge in [0.15, 0.2) is 5.96 Å². The molecule has 1 aromatic heterocycles. The van der Waals surface area contributed by atoms with E-state index in [4.69, 9.17) is 5.73 Å². The number of thiophene rings is 1. The second-order valence-corrected chi connectivity index (χ2v) is 6.59. The van der Waals surface area contributed by atoms with Crippen molar-refractivity contribution in [1.82, 2.24) is 4.90 Å². The average molecular weight is 430 g/mol. The highest BCUT2D eigenvalue weighted by Crippen LogP contribution is 2.25. The summed E-state index contributed by atoms with van der Waals surface area (Å²) >= 11 is 5.21. The largest absolute Gasteiger partial charge is 0.370 e. The van der Waals surface area contributed by atoms with Crippen LogP contribution in [0, 0.1) is 0 Å². The van der Waals surface area contributed by atoms with Gasteiger partial charge < -0.3 is 10.6 Å². The lowest BCUT2D eigenvalue weighted by Gasteiger charge is -2.16. The van der Waals surface area contributed by atoms with Crippen LogP contribution >= 0.6 is 51.2 Å². The summed E-state index contributed by atoms with van der Waals surface area (Å²) in [7, 11) is 2.03. The van der Waals surface area contributed by atoms with Crippen molar-refractivity contribution in [2.24, 2.45) is 10.7 Å². The molecule has 0 aromatic carbocycles. The Morgan fingerprint density at radius 3 is 2.82 bits per heavy atom. The minimum Gasteiger partial charge on any atom is -0.370 e. The molecule has 17 heavy (non-hydrogen) atoms. The number of halogens is 2. The van der Waals surface area contributed by atoms with Crippen molar-refractivity contribution in [3.05, 3.63) is 20.8 Å². The molecular formula is C11H17BrIN3S. The SMILES string of the molecule is CN(C(N)=NCCc1ccc(Br)s1)C1CC1.I. The van der Waals surface area contributed by atoms with E-state index in [0.717, 1.165) is 13.0 Å². The molecule has 0 saturated heterocycles. The molecule has 1 fully saturated rings. The summed E-state index contributed by atoms with van der Waals surface area (Å²) in [6.45, 7) is 0.774. The molecule has 2 N–H and O–H groups in total. The Morgan fingerprint density at radius 1 is 1.59 bits per heavy atom. The van der Waals surface area contributed by atoms with Crippen LogP contribution in [-0.2, 0) is 6.42 Å². The van der Waals surface area contributed by atoms with E-state index < -0.39 is 0 Å². The molecule has 1 aliphatic carbocycles. The predicted octanol–water partition coefficient (Wildman–Crippen LogP) is 3.08. The van der Waals surface area contributed by atoms with Crippen molar-refractivity contribution in [1.29, 1.82) is 0 Å². The van der Waals surface area contributed by atoms with E-state index >= 15 is 0 Å². The molecule has 6 heteroatoms. The topological polar surface area (TPSA) is 41.6 Å². The molecule has 1 saturated carbocycles. The maximum Gasteiger partial charge on any atom is 0.191 e. The molecule has 96 valence electrons. The first-order valence-corrected chi connectivity index (χ1v) is 7.04. The molecule has 1 aliphatic rings. The zero-order valence-electron chi connectivity index (χ0n) is 9.73. The molecule has 2 rings (SSSR count). The molecule has 0 bridgehead atoms. The number of nitrogens with two attached hydrogens (primary N) is 1. The van der Waals surface area contributed by atoms with Gasteiger partial charge in [-0.05, 0) is 40.9 Å². The van der Waals surface area contributed by atoms with Crippen LogP contribution in [0.25, 0.3) is 0 Å². The summed E-state index contributed by atoms with van der Waals surface area (Å²) in [6.07, 6.45) is 3.48. The number of hydrogen-bond acceptors (Lipinski definition) is 2. The van der Waals surface area contributed by atoms with Gasteiger partial charge in [0, 0.05) is 30.9 Å². The smallest absolute Gasteiger partial charge is 0.191 e. The first kappa shape index (κ1) is 15.2. The van der Waals surface area contributed by atoms with Gasteiger partial charge >= 0.3 is 0 Å². The monoisotopic (exact) mass is 429 g/mol. The fourth-order valence-electron chi connectivity index (χ4n) is 1.53. The van der Waals surface area contributed by atoms with E-state index in [1.165, 1.54) is 21.5 Å². The lowest BCUT2D eigenvalue weighted by Crippen LogP contribution is -2.35. The molecule has 3 nitrogen and oxygen atoms in total. The summed E-state index contributed by atoms with van der Waals surface area (Å²) in [5.41, 5.74) is 5.90. The van der Waals surface area contributed by atoms with Crippen LogP contribution in [0.5, 0.6) is 0 Å². The van der Waals surface area contributed by atoms with Crippen LogP contribution in [-0.4, -0.2) is 30.5 Å². The first-order chi connectivity index (χ1) is 7.66. The van der Waals surface area contributed by atoms with Gasteiger partial charge in [0.05, 0.1) is 3.79 Å². The van der Waals surface area contributed by atoms with Crippen molar-refractivity contribution >= 4 is 57.2 Å². The maximum atomic E-state index is 5.90. The minimum atomic E-state index is 0. The van der Waals surface area contributed by atoms with E-state index in [1.54, 1.807) is 11.3 Å². The number of nitrogens with zero attached hydrogens (tertiary/aromatic N) is 2. The van der Waals surface area contributed by atoms with Gasteiger partial charge in [-0.1, -0.05) is 0 Å². The van der Waals surface area contributed by atoms with Crippen molar-refractivity contribution in [2.45, 2.75) is 25.3 Å². The Bertz CT molecular complexity index is 390. The van der Waals surface area contributed by atoms with E-state index in [1.807, 2.05) is 7.05 Å². The third-order valence-electron chi connectivity index (χ3n) is 2.72. The Kier molecular flexibility index (Phi) is 6.22. The fraction of sp³-hybridized carbons (Fsp3) is 0.545. The quantitative estimate of drug-likeness (QED) is 0.454. The minimum absolute atomic E-state index is 0. The number of rotatable bonds is 4. The highest BCUT2D eigenvalue weighted by Gasteiger charge is 2.27. The van der Waals surface area contributed by atoms with Crippen LogP contribution in [0.2, 0.25) is 0 Å². The Labute approximate surface area is 132 Å². The van der Waals surface area contributed by atoms with Gasteiger partial charge in [-0.15, -0.1) is 35.3 Å². The van der Waals surface area contributed by atoms with E-state index in [2.05, 4.69) is 38.0 Å². The van der Waals surface area contributed by atoms with Crippen molar-refractivity contribution in [2.75, 3.05) is 13.6 Å². The third-order valence-corrected chi connectivity index (χ3v) is 4.40. The van der Waals surface area contributed by atoms with Crippen LogP contribution in [0.4, 0.5) is 0 Å². The van der Waals surface area contributed by atoms with Crippen molar-refractivity contribution in [3.8, 4) is 0 Å². The van der Waals surface area contributed by atoms with Gasteiger partial charge in [-0.3, -0.25) is 4.99 Å². The fourth-order valence-corrected chi connectivity index (χ4v) is 3.00. The normalized spacial score (nSPS) is 15.5. The Morgan fingerprint density at radius 2 is 2.29 bits per heavy atom. The molecule has 0 amide bonds. The standard InChI is InChI=1S/C11H16BrN3S.HI/c1-15(8-2-3-8)11(13)14-7-6-9-4-5-10(12)16-9;/h4-5,8H,2-3,6-7H2,1H3,(H2,13,14);1H. The molecule has 0 atom stereocenters. The lowest BCUT2D eigenvalue weighted by molar-refractivity contribution is 0.487. The van der Waals surface area contributed by atoms with Crippen LogP contribution in [0.1, 0.15) is 17.7 Å². The third kappa shape index (κ3) is 4.75. The van der Waals surface area contributed by atoms with E-state index in [-0.39, 0.29) is 24.0 Å². The van der Waals surface area contributed by atoms with Gasteiger partial charge in [0.25, 0.3) is 0 Å². The molecule has 0 aliphatic heterocycles. The van der Waals surface area contributed by atoms with Crippen LogP contribution < -0.4 is 5.73 Å². The summed E-state index contributed by atoms with van der Waals surface area (Å²) in [6, 6.07) is 4.84. The first-order valence-electron chi connectivity index (χ1n) is 5.44. The summed E-state index contributed by atoms with van der Waals surface area (Å²) in [5, 5.41) is 0. The molecule has 0 radical (unpaired) electrons. The summed E-state index contributed by atoms with van der Waals surface area (Å²) in [5.74, 6) is 0.679. The Balaban J connectivity index is 0.00000144. The zero-order valence-corrected chi connectivity index (χ0v) is 14.5. The van der Waals surface area contributed by atoms with Crippen molar-refractivity contribution < 1.29 is 0 Å². The molecular weight excluding hydrogens is 413 g/mol. The molecule has 1 aromatic rings. The van der Waals surface area contributed by atoms with E-state index in [0.29, 0.717) is 12.0 Å². The van der Waals surface area contributed by atoms with Crippen LogP contribution in [0.3, 0.4) is 0 Å². The average Bonchev–Trinajstić information content (AvgIpc) is 3.02. The van der Waals surface area contributed by atoms with Gasteiger partial charge in [0.2, 0.25) is 0 Å². The lowest BCUT2D eigenvalue weighted by atomic mass is 10.3. The van der Waals surface area contributed by atoms with Crippen LogP contribution in [0.15, 0.2) is 20.9 Å². The second kappa shape index (κ2) is 6.94. The number of hydrogen-bond donors (Lipinski definition) is 1.